The van der Waals surface area contributed by atoms with Crippen LogP contribution in [0, 0.1) is 5.41 Å². The maximum absolute atomic E-state index is 12.2. The van der Waals surface area contributed by atoms with Crippen LogP contribution in [0.1, 0.15) is 43.6 Å². The van der Waals surface area contributed by atoms with Crippen molar-refractivity contribution in [3.63, 3.8) is 0 Å². The zero-order chi connectivity index (χ0) is 17.7. The van der Waals surface area contributed by atoms with Gasteiger partial charge < -0.3 is 15.3 Å². The first-order chi connectivity index (χ1) is 11.3. The molecule has 0 atom stereocenters. The van der Waals surface area contributed by atoms with Crippen molar-refractivity contribution in [3.8, 4) is 0 Å². The quantitative estimate of drug-likeness (QED) is 0.786. The number of hydrogen-bond donors (Lipinski definition) is 2. The van der Waals surface area contributed by atoms with Gasteiger partial charge >= 0.3 is 5.97 Å². The molecule has 6 nitrogen and oxygen atoms in total. The highest BCUT2D eigenvalue weighted by atomic mass is 32.1. The summed E-state index contributed by atoms with van der Waals surface area (Å²) in [4.78, 5) is 38.2. The van der Waals surface area contributed by atoms with Crippen molar-refractivity contribution in [1.82, 2.24) is 10.2 Å². The topological polar surface area (TPSA) is 86.7 Å². The van der Waals surface area contributed by atoms with Gasteiger partial charge in [-0.05, 0) is 43.7 Å². The highest BCUT2D eigenvalue weighted by Gasteiger charge is 2.26. The number of nitrogens with one attached hydrogen (secondary N) is 1. The predicted octanol–water partition coefficient (Wildman–Crippen LogP) is 2.03. The molecule has 24 heavy (non-hydrogen) atoms. The van der Waals surface area contributed by atoms with Crippen molar-refractivity contribution in [2.24, 2.45) is 5.41 Å². The Morgan fingerprint density at radius 2 is 2.08 bits per heavy atom. The molecule has 7 heteroatoms. The van der Waals surface area contributed by atoms with Crippen LogP contribution in [0.25, 0.3) is 0 Å². The molecule has 0 aromatic carbocycles. The van der Waals surface area contributed by atoms with Gasteiger partial charge in [-0.1, -0.05) is 0 Å². The van der Waals surface area contributed by atoms with E-state index in [4.69, 9.17) is 5.11 Å². The van der Waals surface area contributed by atoms with Crippen LogP contribution in [-0.2, 0) is 27.3 Å². The van der Waals surface area contributed by atoms with Gasteiger partial charge in [-0.25, -0.2) is 0 Å². The largest absolute Gasteiger partial charge is 0.481 e. The molecule has 1 aromatic heterocycles. The lowest BCUT2D eigenvalue weighted by Crippen LogP contribution is -2.36. The van der Waals surface area contributed by atoms with E-state index >= 15 is 0 Å². The Balaban J connectivity index is 1.69. The minimum atomic E-state index is -0.884. The van der Waals surface area contributed by atoms with Crippen molar-refractivity contribution in [2.75, 3.05) is 13.1 Å². The number of rotatable bonds is 7. The summed E-state index contributed by atoms with van der Waals surface area (Å²) in [7, 11) is 0. The van der Waals surface area contributed by atoms with Crippen molar-refractivity contribution >= 4 is 29.1 Å². The Bertz CT molecular complexity index is 624. The summed E-state index contributed by atoms with van der Waals surface area (Å²) < 4.78 is 0. The predicted molar refractivity (Wildman–Crippen MR) is 91.7 cm³/mol. The van der Waals surface area contributed by atoms with Crippen LogP contribution in [0.15, 0.2) is 11.4 Å². The number of carboxylic acid groups (broad SMARTS) is 1. The van der Waals surface area contributed by atoms with Crippen LogP contribution in [-0.4, -0.2) is 40.9 Å². The number of nitrogens with zero attached hydrogens (tertiary/aromatic N) is 1. The average molecular weight is 352 g/mol. The highest BCUT2D eigenvalue weighted by molar-refractivity contribution is 7.10. The Hall–Kier alpha value is -1.89. The minimum absolute atomic E-state index is 0.00661. The summed E-state index contributed by atoms with van der Waals surface area (Å²) in [6, 6.07) is 2.05. The standard InChI is InChI=1S/C17H24N2O4S/c1-17(2,16(22)23)7-8-18-14(20)3-4-15(21)19-9-5-13-12(11-19)6-10-24-13/h6,10H,3-5,7-9,11H2,1-2H3,(H,18,20)(H,22,23). The van der Waals surface area contributed by atoms with Gasteiger partial charge in [0.2, 0.25) is 11.8 Å². The van der Waals surface area contributed by atoms with E-state index in [-0.39, 0.29) is 24.7 Å². The van der Waals surface area contributed by atoms with Gasteiger partial charge in [0.1, 0.15) is 0 Å². The van der Waals surface area contributed by atoms with E-state index < -0.39 is 11.4 Å². The smallest absolute Gasteiger partial charge is 0.309 e. The normalized spacial score (nSPS) is 14.2. The monoisotopic (exact) mass is 352 g/mol. The van der Waals surface area contributed by atoms with E-state index in [1.807, 2.05) is 5.38 Å². The lowest BCUT2D eigenvalue weighted by Gasteiger charge is -2.27. The fourth-order valence-electron chi connectivity index (χ4n) is 2.55. The number of hydrogen-bond acceptors (Lipinski definition) is 4. The summed E-state index contributed by atoms with van der Waals surface area (Å²) in [6.07, 6.45) is 1.57. The summed E-state index contributed by atoms with van der Waals surface area (Å²) in [5.74, 6) is -1.10. The van der Waals surface area contributed by atoms with Crippen LogP contribution in [0.5, 0.6) is 0 Å². The summed E-state index contributed by atoms with van der Waals surface area (Å²) in [5.41, 5.74) is 0.342. The Labute approximate surface area is 145 Å². The summed E-state index contributed by atoms with van der Waals surface area (Å²) in [5, 5.41) is 13.8. The molecule has 0 spiro atoms. The van der Waals surface area contributed by atoms with Crippen LogP contribution in [0.3, 0.4) is 0 Å². The fourth-order valence-corrected chi connectivity index (χ4v) is 3.44. The van der Waals surface area contributed by atoms with Crippen LogP contribution < -0.4 is 5.32 Å². The molecule has 0 aliphatic carbocycles. The number of fused-ring (bicyclic) bond motifs is 1. The SMILES string of the molecule is CC(C)(CCNC(=O)CCC(=O)N1CCc2sccc2C1)C(=O)O. The first-order valence-electron chi connectivity index (χ1n) is 8.13. The van der Waals surface area contributed by atoms with E-state index in [2.05, 4.69) is 11.4 Å². The molecule has 0 saturated heterocycles. The zero-order valence-electron chi connectivity index (χ0n) is 14.1. The van der Waals surface area contributed by atoms with E-state index in [1.54, 1.807) is 30.1 Å². The van der Waals surface area contributed by atoms with Crippen LogP contribution >= 0.6 is 11.3 Å². The molecular formula is C17H24N2O4S. The molecule has 132 valence electrons. The highest BCUT2D eigenvalue weighted by Crippen LogP contribution is 2.24. The molecule has 2 amide bonds. The molecule has 2 N–H and O–H groups in total. The molecular weight excluding hydrogens is 328 g/mol. The molecule has 0 unspecified atom stereocenters. The maximum atomic E-state index is 12.2. The Kier molecular flexibility index (Phi) is 5.99. The number of carboxylic acids is 1. The summed E-state index contributed by atoms with van der Waals surface area (Å²) >= 11 is 1.73. The molecule has 0 fully saturated rings. The Morgan fingerprint density at radius 3 is 2.79 bits per heavy atom. The Morgan fingerprint density at radius 1 is 1.33 bits per heavy atom. The van der Waals surface area contributed by atoms with Gasteiger partial charge in [-0.15, -0.1) is 11.3 Å². The third-order valence-electron chi connectivity index (χ3n) is 4.38. The number of carbonyl (C=O) groups excluding carboxylic acids is 2. The van der Waals surface area contributed by atoms with Crippen molar-refractivity contribution in [1.29, 1.82) is 0 Å². The van der Waals surface area contributed by atoms with Gasteiger partial charge in [0.15, 0.2) is 0 Å². The molecule has 1 aliphatic heterocycles. The number of aliphatic carboxylic acids is 1. The van der Waals surface area contributed by atoms with Gasteiger partial charge in [0.05, 0.1) is 5.41 Å². The first-order valence-corrected chi connectivity index (χ1v) is 9.00. The second-order valence-corrected chi connectivity index (χ2v) is 7.72. The van der Waals surface area contributed by atoms with Crippen LogP contribution in [0.4, 0.5) is 0 Å². The molecule has 1 aliphatic rings. The first kappa shape index (κ1) is 18.4. The van der Waals surface area contributed by atoms with Gasteiger partial charge in [0, 0.05) is 37.4 Å². The van der Waals surface area contributed by atoms with Crippen molar-refractivity contribution < 1.29 is 19.5 Å². The van der Waals surface area contributed by atoms with E-state index in [0.29, 0.717) is 26.1 Å². The molecule has 2 heterocycles. The van der Waals surface area contributed by atoms with Crippen LogP contribution in [0.2, 0.25) is 0 Å². The van der Waals surface area contributed by atoms with Gasteiger partial charge in [-0.2, -0.15) is 0 Å². The molecule has 0 bridgehead atoms. The molecule has 0 radical (unpaired) electrons. The van der Waals surface area contributed by atoms with E-state index in [1.165, 1.54) is 10.4 Å². The second kappa shape index (κ2) is 7.79. The van der Waals surface area contributed by atoms with Gasteiger partial charge in [-0.3, -0.25) is 14.4 Å². The summed E-state index contributed by atoms with van der Waals surface area (Å²) in [6.45, 7) is 4.89. The third-order valence-corrected chi connectivity index (χ3v) is 5.40. The third kappa shape index (κ3) is 4.80. The number of amides is 2. The second-order valence-electron chi connectivity index (χ2n) is 6.72. The molecule has 2 rings (SSSR count). The van der Waals surface area contributed by atoms with Gasteiger partial charge in [0.25, 0.3) is 0 Å². The minimum Gasteiger partial charge on any atom is -0.481 e. The number of carbonyl (C=O) groups is 3. The lowest BCUT2D eigenvalue weighted by molar-refractivity contribution is -0.147. The molecule has 0 saturated carbocycles. The van der Waals surface area contributed by atoms with E-state index in [9.17, 15) is 14.4 Å². The van der Waals surface area contributed by atoms with E-state index in [0.717, 1.165) is 6.42 Å². The average Bonchev–Trinajstić information content (AvgIpc) is 2.99. The van der Waals surface area contributed by atoms with Crippen molar-refractivity contribution in [2.45, 2.75) is 46.1 Å². The molecule has 1 aromatic rings. The fraction of sp³-hybridized carbons (Fsp3) is 0.588. The zero-order valence-corrected chi connectivity index (χ0v) is 14.9. The lowest BCUT2D eigenvalue weighted by atomic mass is 9.90. The van der Waals surface area contributed by atoms with Crippen molar-refractivity contribution in [3.05, 3.63) is 21.9 Å². The maximum Gasteiger partial charge on any atom is 0.309 e. The number of thiophene rings is 1.